The molecule has 0 aliphatic carbocycles. The standard InChI is InChI=1S/C13H14F2O3/c1-3-18-12(17)13(14,15)11(16)8-10-6-4-9(2)5-7-10/h4-7H,3,8H2,1-2H3. The number of hydrogen-bond donors (Lipinski definition) is 0. The van der Waals surface area contributed by atoms with Gasteiger partial charge < -0.3 is 4.74 Å². The molecule has 0 saturated carbocycles. The predicted octanol–water partition coefficient (Wildman–Crippen LogP) is 2.31. The van der Waals surface area contributed by atoms with Gasteiger partial charge in [0.05, 0.1) is 6.61 Å². The molecule has 0 radical (unpaired) electrons. The van der Waals surface area contributed by atoms with Crippen molar-refractivity contribution in [2.45, 2.75) is 26.2 Å². The summed E-state index contributed by atoms with van der Waals surface area (Å²) >= 11 is 0. The number of carbonyl (C=O) groups is 2. The van der Waals surface area contributed by atoms with Crippen molar-refractivity contribution in [1.82, 2.24) is 0 Å². The molecule has 0 atom stereocenters. The quantitative estimate of drug-likeness (QED) is 0.599. The highest BCUT2D eigenvalue weighted by Crippen LogP contribution is 2.20. The normalized spacial score (nSPS) is 11.1. The lowest BCUT2D eigenvalue weighted by Gasteiger charge is -2.13. The number of carbonyl (C=O) groups excluding carboxylic acids is 2. The van der Waals surface area contributed by atoms with E-state index in [2.05, 4.69) is 4.74 Å². The van der Waals surface area contributed by atoms with E-state index in [1.807, 2.05) is 6.92 Å². The van der Waals surface area contributed by atoms with E-state index >= 15 is 0 Å². The fourth-order valence-electron chi connectivity index (χ4n) is 1.34. The molecule has 3 nitrogen and oxygen atoms in total. The highest BCUT2D eigenvalue weighted by atomic mass is 19.3. The molecule has 0 fully saturated rings. The van der Waals surface area contributed by atoms with Crippen molar-refractivity contribution in [1.29, 1.82) is 0 Å². The fraction of sp³-hybridized carbons (Fsp3) is 0.385. The van der Waals surface area contributed by atoms with Crippen LogP contribution in [0.1, 0.15) is 18.1 Å². The minimum atomic E-state index is -4.08. The minimum absolute atomic E-state index is 0.188. The SMILES string of the molecule is CCOC(=O)C(F)(F)C(=O)Cc1ccc(C)cc1. The first-order valence-corrected chi connectivity index (χ1v) is 5.51. The van der Waals surface area contributed by atoms with Gasteiger partial charge in [-0.05, 0) is 19.4 Å². The van der Waals surface area contributed by atoms with Crippen molar-refractivity contribution in [3.63, 3.8) is 0 Å². The van der Waals surface area contributed by atoms with Crippen LogP contribution in [0.4, 0.5) is 8.78 Å². The molecule has 0 N–H and O–H groups in total. The van der Waals surface area contributed by atoms with Crippen LogP contribution in [-0.2, 0) is 20.7 Å². The van der Waals surface area contributed by atoms with Crippen molar-refractivity contribution in [3.05, 3.63) is 35.4 Å². The molecule has 0 spiro atoms. The third-order valence-electron chi connectivity index (χ3n) is 2.37. The fourth-order valence-corrected chi connectivity index (χ4v) is 1.34. The van der Waals surface area contributed by atoms with Gasteiger partial charge in [-0.2, -0.15) is 8.78 Å². The van der Waals surface area contributed by atoms with E-state index in [0.29, 0.717) is 5.56 Å². The molecule has 0 unspecified atom stereocenters. The minimum Gasteiger partial charge on any atom is -0.461 e. The molecule has 0 saturated heterocycles. The van der Waals surface area contributed by atoms with Crippen LogP contribution in [0.15, 0.2) is 24.3 Å². The highest BCUT2D eigenvalue weighted by Gasteiger charge is 2.48. The Balaban J connectivity index is 2.75. The lowest BCUT2D eigenvalue weighted by molar-refractivity contribution is -0.176. The molecule has 0 amide bonds. The molecule has 18 heavy (non-hydrogen) atoms. The van der Waals surface area contributed by atoms with Crippen LogP contribution in [0.3, 0.4) is 0 Å². The Morgan fingerprint density at radius 3 is 2.28 bits per heavy atom. The molecule has 0 bridgehead atoms. The molecule has 5 heteroatoms. The van der Waals surface area contributed by atoms with E-state index in [0.717, 1.165) is 5.56 Å². The third-order valence-corrected chi connectivity index (χ3v) is 2.37. The average molecular weight is 256 g/mol. The maximum absolute atomic E-state index is 13.3. The maximum Gasteiger partial charge on any atom is 0.400 e. The Morgan fingerprint density at radius 2 is 1.78 bits per heavy atom. The van der Waals surface area contributed by atoms with Gasteiger partial charge in [-0.3, -0.25) is 4.79 Å². The van der Waals surface area contributed by atoms with Crippen molar-refractivity contribution in [2.75, 3.05) is 6.61 Å². The lowest BCUT2D eigenvalue weighted by Crippen LogP contribution is -2.40. The van der Waals surface area contributed by atoms with Gasteiger partial charge >= 0.3 is 11.9 Å². The smallest absolute Gasteiger partial charge is 0.400 e. The van der Waals surface area contributed by atoms with Crippen LogP contribution in [0.5, 0.6) is 0 Å². The van der Waals surface area contributed by atoms with Crippen LogP contribution in [0.2, 0.25) is 0 Å². The first-order valence-electron chi connectivity index (χ1n) is 5.51. The second-order valence-electron chi connectivity index (χ2n) is 3.88. The maximum atomic E-state index is 13.3. The molecule has 1 rings (SSSR count). The van der Waals surface area contributed by atoms with Gasteiger partial charge in [0.15, 0.2) is 0 Å². The number of ketones is 1. The Morgan fingerprint density at radius 1 is 1.22 bits per heavy atom. The second kappa shape index (κ2) is 5.71. The van der Waals surface area contributed by atoms with E-state index in [9.17, 15) is 18.4 Å². The van der Waals surface area contributed by atoms with Crippen molar-refractivity contribution >= 4 is 11.8 Å². The third kappa shape index (κ3) is 3.35. The molecule has 0 aliphatic heterocycles. The van der Waals surface area contributed by atoms with Crippen molar-refractivity contribution in [3.8, 4) is 0 Å². The molecule has 0 aliphatic rings. The summed E-state index contributed by atoms with van der Waals surface area (Å²) in [5.41, 5.74) is 1.40. The van der Waals surface area contributed by atoms with Crippen LogP contribution in [0.25, 0.3) is 0 Å². The number of ether oxygens (including phenoxy) is 1. The van der Waals surface area contributed by atoms with Gasteiger partial charge in [0, 0.05) is 6.42 Å². The Kier molecular flexibility index (Phi) is 4.53. The largest absolute Gasteiger partial charge is 0.461 e. The highest BCUT2D eigenvalue weighted by molar-refractivity contribution is 6.06. The van der Waals surface area contributed by atoms with Crippen molar-refractivity contribution in [2.24, 2.45) is 0 Å². The van der Waals surface area contributed by atoms with E-state index in [1.54, 1.807) is 24.3 Å². The number of halogens is 2. The Labute approximate surface area is 104 Å². The van der Waals surface area contributed by atoms with Crippen molar-refractivity contribution < 1.29 is 23.1 Å². The molecular weight excluding hydrogens is 242 g/mol. The second-order valence-corrected chi connectivity index (χ2v) is 3.88. The summed E-state index contributed by atoms with van der Waals surface area (Å²) < 4.78 is 30.9. The number of esters is 1. The lowest BCUT2D eigenvalue weighted by atomic mass is 10.0. The zero-order valence-electron chi connectivity index (χ0n) is 10.2. The summed E-state index contributed by atoms with van der Waals surface area (Å²) in [5, 5.41) is 0. The summed E-state index contributed by atoms with van der Waals surface area (Å²) in [6.07, 6.45) is -0.494. The van der Waals surface area contributed by atoms with Gasteiger partial charge in [-0.15, -0.1) is 0 Å². The predicted molar refractivity (Wildman–Crippen MR) is 61.5 cm³/mol. The molecular formula is C13H14F2O3. The molecule has 1 aromatic rings. The molecule has 0 aromatic heterocycles. The monoisotopic (exact) mass is 256 g/mol. The first kappa shape index (κ1) is 14.3. The Hall–Kier alpha value is -1.78. The Bertz CT molecular complexity index is 438. The van der Waals surface area contributed by atoms with Gasteiger partial charge in [-0.25, -0.2) is 4.79 Å². The van der Waals surface area contributed by atoms with E-state index in [1.165, 1.54) is 6.92 Å². The van der Waals surface area contributed by atoms with E-state index < -0.39 is 24.1 Å². The van der Waals surface area contributed by atoms with E-state index in [4.69, 9.17) is 0 Å². The number of hydrogen-bond acceptors (Lipinski definition) is 3. The van der Waals surface area contributed by atoms with Gasteiger partial charge in [0.2, 0.25) is 5.78 Å². The first-order chi connectivity index (χ1) is 8.37. The number of aryl methyl sites for hydroxylation is 1. The summed E-state index contributed by atoms with van der Waals surface area (Å²) in [6, 6.07) is 6.58. The van der Waals surface area contributed by atoms with Crippen LogP contribution < -0.4 is 0 Å². The van der Waals surface area contributed by atoms with Gasteiger partial charge in [0.1, 0.15) is 0 Å². The summed E-state index contributed by atoms with van der Waals surface area (Å²) in [4.78, 5) is 22.3. The number of benzene rings is 1. The van der Waals surface area contributed by atoms with Gasteiger partial charge in [-0.1, -0.05) is 29.8 Å². The van der Waals surface area contributed by atoms with Crippen LogP contribution >= 0.6 is 0 Å². The molecule has 98 valence electrons. The van der Waals surface area contributed by atoms with Gasteiger partial charge in [0.25, 0.3) is 0 Å². The topological polar surface area (TPSA) is 43.4 Å². The van der Waals surface area contributed by atoms with Crippen LogP contribution in [-0.4, -0.2) is 24.3 Å². The molecule has 0 heterocycles. The average Bonchev–Trinajstić information content (AvgIpc) is 2.32. The number of alkyl halides is 2. The van der Waals surface area contributed by atoms with Crippen LogP contribution in [0, 0.1) is 6.92 Å². The summed E-state index contributed by atoms with van der Waals surface area (Å²) in [6.45, 7) is 3.06. The summed E-state index contributed by atoms with van der Waals surface area (Å²) in [7, 11) is 0. The zero-order valence-corrected chi connectivity index (χ0v) is 10.2. The number of Topliss-reactive ketones (excluding diaryl/α,β-unsaturated/α-hetero) is 1. The zero-order chi connectivity index (χ0) is 13.8. The summed E-state index contributed by atoms with van der Waals surface area (Å²) in [5.74, 6) is -7.33. The number of rotatable bonds is 5. The molecule has 1 aromatic carbocycles. The van der Waals surface area contributed by atoms with E-state index in [-0.39, 0.29) is 6.61 Å².